The van der Waals surface area contributed by atoms with Crippen LogP contribution in [0.25, 0.3) is 0 Å². The van der Waals surface area contributed by atoms with E-state index in [0.717, 1.165) is 77.0 Å². The highest BCUT2D eigenvalue weighted by Gasteiger charge is 2.21. The van der Waals surface area contributed by atoms with Gasteiger partial charge in [0, 0.05) is 12.8 Å². The number of likely N-dealkylation sites (N-methyl/N-ethyl adjacent to an activating group) is 1. The highest BCUT2D eigenvalue weighted by Crippen LogP contribution is 2.38. The Hall–Kier alpha value is -3.33. The molecule has 0 aliphatic heterocycles. The van der Waals surface area contributed by atoms with E-state index in [-0.39, 0.29) is 26.1 Å². The average Bonchev–Trinajstić information content (AvgIpc) is 3.29. The van der Waals surface area contributed by atoms with Crippen LogP contribution in [-0.4, -0.2) is 70.0 Å². The normalized spacial score (nSPS) is 14.3. The SMILES string of the molecule is CC/C=C\C/C=C\C/C=C\C/C=C\C/C=C\C/C=C\C/C=C\C/C=C\C/C=C\CCCC(=O)OC(COC(=O)CCCCCCCCCCCCCCCC)COP(=O)([O-])OCC[N+](C)(C)C. The van der Waals surface area contributed by atoms with E-state index in [1.807, 2.05) is 27.2 Å². The van der Waals surface area contributed by atoms with Gasteiger partial charge in [0.05, 0.1) is 27.7 Å². The molecule has 0 aromatic heterocycles. The second-order valence-electron chi connectivity index (χ2n) is 18.2. The Bertz CT molecular complexity index is 1500. The summed E-state index contributed by atoms with van der Waals surface area (Å²) in [6.45, 7) is 4.04. The molecule has 0 aliphatic carbocycles. The van der Waals surface area contributed by atoms with Crippen LogP contribution in [-0.2, 0) is 32.7 Å². The smallest absolute Gasteiger partial charge is 0.306 e. The van der Waals surface area contributed by atoms with Crippen molar-refractivity contribution in [3.8, 4) is 0 Å². The zero-order valence-electron chi connectivity index (χ0n) is 43.1. The van der Waals surface area contributed by atoms with E-state index in [1.165, 1.54) is 70.6 Å². The summed E-state index contributed by atoms with van der Waals surface area (Å²) in [4.78, 5) is 37.7. The summed E-state index contributed by atoms with van der Waals surface area (Å²) in [6.07, 6.45) is 65.6. The zero-order valence-corrected chi connectivity index (χ0v) is 43.9. The summed E-state index contributed by atoms with van der Waals surface area (Å²) in [6, 6.07) is 0. The molecule has 0 rings (SSSR count). The van der Waals surface area contributed by atoms with Gasteiger partial charge in [-0.2, -0.15) is 0 Å². The van der Waals surface area contributed by atoms with E-state index in [4.69, 9.17) is 18.5 Å². The van der Waals surface area contributed by atoms with Crippen molar-refractivity contribution in [2.24, 2.45) is 0 Å². The molecule has 2 atom stereocenters. The van der Waals surface area contributed by atoms with Gasteiger partial charge in [-0.25, -0.2) is 0 Å². The minimum Gasteiger partial charge on any atom is -0.756 e. The first-order valence-corrected chi connectivity index (χ1v) is 27.6. The van der Waals surface area contributed by atoms with Crippen molar-refractivity contribution < 1.29 is 42.1 Å². The Kier molecular flexibility index (Phi) is 45.4. The molecule has 10 heteroatoms. The van der Waals surface area contributed by atoms with Crippen LogP contribution in [0, 0.1) is 0 Å². The molecule has 0 aromatic carbocycles. The lowest BCUT2D eigenvalue weighted by molar-refractivity contribution is -0.870. The number of quaternary nitrogens is 1. The predicted molar refractivity (Wildman–Crippen MR) is 282 cm³/mol. The maximum Gasteiger partial charge on any atom is 0.306 e. The Morgan fingerprint density at radius 3 is 1.25 bits per heavy atom. The van der Waals surface area contributed by atoms with E-state index in [2.05, 4.69) is 117 Å². The van der Waals surface area contributed by atoms with Crippen LogP contribution in [0.4, 0.5) is 0 Å². The van der Waals surface area contributed by atoms with Crippen LogP contribution in [0.3, 0.4) is 0 Å². The average molecular weight is 954 g/mol. The van der Waals surface area contributed by atoms with Gasteiger partial charge in [0.15, 0.2) is 6.10 Å². The van der Waals surface area contributed by atoms with Gasteiger partial charge >= 0.3 is 11.9 Å². The molecule has 0 spiro atoms. The number of rotatable bonds is 46. The van der Waals surface area contributed by atoms with Crippen LogP contribution in [0.2, 0.25) is 0 Å². The standard InChI is InChI=1S/C57H96NO8P/c1-6-8-10-12-14-16-18-20-22-23-24-25-26-27-28-29-30-31-32-33-34-35-36-38-40-42-44-46-48-50-57(60)66-55(54-65-67(61,62)64-52-51-58(3,4)5)53-63-56(59)49-47-45-43-41-39-37-21-19-17-15-13-11-9-7-2/h8,10,14,16,20,22,24-25,27-28,30-31,33-34,36,38,42,44,55H,6-7,9,11-13,15,17-19,21,23,26,29,32,35,37,39-41,43,45-54H2,1-5H3/b10-8-,16-14-,22-20-,25-24-,28-27-,31-30-,34-33-,38-36-,44-42-. The molecule has 0 saturated heterocycles. The molecule has 0 amide bonds. The van der Waals surface area contributed by atoms with Crippen LogP contribution in [0.1, 0.15) is 187 Å². The second-order valence-corrected chi connectivity index (χ2v) is 19.6. The molecular formula is C57H96NO8P. The molecule has 9 nitrogen and oxygen atoms in total. The topological polar surface area (TPSA) is 111 Å². The zero-order chi connectivity index (χ0) is 49.2. The first-order valence-electron chi connectivity index (χ1n) is 26.1. The number of phosphoric acid groups is 1. The Morgan fingerprint density at radius 1 is 0.478 bits per heavy atom. The minimum absolute atomic E-state index is 0.0466. The molecule has 0 saturated carbocycles. The van der Waals surface area contributed by atoms with Crippen molar-refractivity contribution >= 4 is 19.8 Å². The number of esters is 2. The summed E-state index contributed by atoms with van der Waals surface area (Å²) >= 11 is 0. The number of unbranched alkanes of at least 4 members (excludes halogenated alkanes) is 14. The maximum atomic E-state index is 12.7. The molecule has 382 valence electrons. The highest BCUT2D eigenvalue weighted by molar-refractivity contribution is 7.45. The van der Waals surface area contributed by atoms with Crippen molar-refractivity contribution in [2.45, 2.75) is 193 Å². The van der Waals surface area contributed by atoms with Gasteiger partial charge in [-0.1, -0.05) is 207 Å². The molecule has 0 aromatic rings. The number of hydrogen-bond donors (Lipinski definition) is 0. The molecule has 0 bridgehead atoms. The lowest BCUT2D eigenvalue weighted by Gasteiger charge is -2.28. The summed E-state index contributed by atoms with van der Waals surface area (Å²) in [5, 5.41) is 0. The molecule has 67 heavy (non-hydrogen) atoms. The quantitative estimate of drug-likeness (QED) is 0.0195. The van der Waals surface area contributed by atoms with Crippen LogP contribution < -0.4 is 4.89 Å². The molecule has 0 aliphatic rings. The molecule has 0 radical (unpaired) electrons. The van der Waals surface area contributed by atoms with Gasteiger partial charge in [0.2, 0.25) is 0 Å². The monoisotopic (exact) mass is 954 g/mol. The summed E-state index contributed by atoms with van der Waals surface area (Å²) < 4.78 is 33.9. The largest absolute Gasteiger partial charge is 0.756 e. The Morgan fingerprint density at radius 2 is 0.851 bits per heavy atom. The molecule has 0 fully saturated rings. The third kappa shape index (κ3) is 51.9. The third-order valence-electron chi connectivity index (χ3n) is 10.6. The van der Waals surface area contributed by atoms with Crippen molar-refractivity contribution in [1.82, 2.24) is 0 Å². The number of nitrogens with zero attached hydrogens (tertiary/aromatic N) is 1. The van der Waals surface area contributed by atoms with Gasteiger partial charge in [-0.15, -0.1) is 0 Å². The fourth-order valence-corrected chi connectivity index (χ4v) is 7.27. The first kappa shape index (κ1) is 63.7. The van der Waals surface area contributed by atoms with Crippen LogP contribution in [0.15, 0.2) is 109 Å². The predicted octanol–water partition coefficient (Wildman–Crippen LogP) is 15.2. The lowest BCUT2D eigenvalue weighted by atomic mass is 10.0. The van der Waals surface area contributed by atoms with E-state index < -0.39 is 32.5 Å². The van der Waals surface area contributed by atoms with Gasteiger partial charge in [0.1, 0.15) is 19.8 Å². The Balaban J connectivity index is 4.36. The fourth-order valence-electron chi connectivity index (χ4n) is 6.54. The van der Waals surface area contributed by atoms with Gasteiger partial charge in [-0.3, -0.25) is 14.2 Å². The number of carbonyl (C=O) groups excluding carboxylic acids is 2. The van der Waals surface area contributed by atoms with Gasteiger partial charge < -0.3 is 27.9 Å². The Labute approximate surface area is 410 Å². The van der Waals surface area contributed by atoms with Crippen LogP contribution in [0.5, 0.6) is 0 Å². The number of hydrogen-bond acceptors (Lipinski definition) is 8. The first-order chi connectivity index (χ1) is 32.5. The van der Waals surface area contributed by atoms with Crippen LogP contribution >= 0.6 is 7.82 Å². The summed E-state index contributed by atoms with van der Waals surface area (Å²) in [5.74, 6) is -0.909. The van der Waals surface area contributed by atoms with Crippen molar-refractivity contribution in [3.63, 3.8) is 0 Å². The fraction of sp³-hybridized carbons (Fsp3) is 0.649. The number of ether oxygens (including phenoxy) is 2. The van der Waals surface area contributed by atoms with Crippen molar-refractivity contribution in [1.29, 1.82) is 0 Å². The molecule has 0 heterocycles. The number of carbonyl (C=O) groups is 2. The lowest BCUT2D eigenvalue weighted by Crippen LogP contribution is -2.37. The second kappa shape index (κ2) is 47.7. The molecule has 2 unspecified atom stereocenters. The molecular weight excluding hydrogens is 858 g/mol. The number of allylic oxidation sites excluding steroid dienone is 18. The third-order valence-corrected chi connectivity index (χ3v) is 11.5. The van der Waals surface area contributed by atoms with Crippen molar-refractivity contribution in [2.75, 3.05) is 47.5 Å². The maximum absolute atomic E-state index is 12.7. The minimum atomic E-state index is -4.65. The van der Waals surface area contributed by atoms with E-state index in [0.29, 0.717) is 23.9 Å². The number of phosphoric ester groups is 1. The summed E-state index contributed by atoms with van der Waals surface area (Å²) in [7, 11) is 1.11. The molecule has 0 N–H and O–H groups in total. The van der Waals surface area contributed by atoms with E-state index in [1.54, 1.807) is 0 Å². The van der Waals surface area contributed by atoms with E-state index in [9.17, 15) is 19.0 Å². The van der Waals surface area contributed by atoms with Crippen molar-refractivity contribution in [3.05, 3.63) is 109 Å². The van der Waals surface area contributed by atoms with Gasteiger partial charge in [-0.05, 0) is 77.0 Å². The van der Waals surface area contributed by atoms with E-state index >= 15 is 0 Å². The highest BCUT2D eigenvalue weighted by atomic mass is 31.2. The van der Waals surface area contributed by atoms with Gasteiger partial charge in [0.25, 0.3) is 7.82 Å². The summed E-state index contributed by atoms with van der Waals surface area (Å²) in [5.41, 5.74) is 0.